The van der Waals surface area contributed by atoms with Crippen molar-refractivity contribution in [2.45, 2.75) is 19.4 Å². The van der Waals surface area contributed by atoms with Gasteiger partial charge in [0.05, 0.1) is 15.8 Å². The van der Waals surface area contributed by atoms with Crippen LogP contribution in [0.15, 0.2) is 47.0 Å². The number of aliphatic hydroxyl groups is 1. The molecule has 3 heterocycles. The lowest BCUT2D eigenvalue weighted by atomic mass is 10.0. The molecule has 132 valence electrons. The van der Waals surface area contributed by atoms with E-state index in [1.807, 2.05) is 17.5 Å². The highest BCUT2D eigenvalue weighted by molar-refractivity contribution is 7.22. The van der Waals surface area contributed by atoms with E-state index >= 15 is 0 Å². The molecule has 8 heteroatoms. The Morgan fingerprint density at radius 3 is 2.88 bits per heavy atom. The number of hydrogen-bond donors (Lipinski definition) is 1. The molecule has 0 bridgehead atoms. The van der Waals surface area contributed by atoms with E-state index in [4.69, 9.17) is 11.6 Å². The molecule has 1 atom stereocenters. The number of carbonyl (C=O) groups is 2. The fourth-order valence-electron chi connectivity index (χ4n) is 2.98. The number of anilines is 1. The Morgan fingerprint density at radius 2 is 2.19 bits per heavy atom. The number of thiazole rings is 1. The van der Waals surface area contributed by atoms with Crippen LogP contribution in [0, 0.1) is 0 Å². The van der Waals surface area contributed by atoms with E-state index in [1.165, 1.54) is 27.6 Å². The molecule has 0 spiro atoms. The van der Waals surface area contributed by atoms with E-state index in [0.29, 0.717) is 15.7 Å². The molecule has 26 heavy (non-hydrogen) atoms. The molecular formula is C18H13ClN2O3S2. The van der Waals surface area contributed by atoms with Crippen LogP contribution in [0.4, 0.5) is 5.13 Å². The third-order valence-corrected chi connectivity index (χ3v) is 6.36. The van der Waals surface area contributed by atoms with Gasteiger partial charge in [0.2, 0.25) is 0 Å². The molecule has 2 aromatic heterocycles. The van der Waals surface area contributed by atoms with Crippen LogP contribution in [-0.2, 0) is 9.59 Å². The van der Waals surface area contributed by atoms with Crippen LogP contribution in [0.3, 0.4) is 0 Å². The summed E-state index contributed by atoms with van der Waals surface area (Å²) in [5.41, 5.74) is 0.846. The summed E-state index contributed by atoms with van der Waals surface area (Å²) in [4.78, 5) is 32.0. The van der Waals surface area contributed by atoms with Gasteiger partial charge >= 0.3 is 0 Å². The fourth-order valence-corrected chi connectivity index (χ4v) is 5.08. The third-order valence-electron chi connectivity index (χ3n) is 4.19. The second-order valence-corrected chi connectivity index (χ2v) is 8.17. The van der Waals surface area contributed by atoms with Gasteiger partial charge in [-0.2, -0.15) is 0 Å². The second kappa shape index (κ2) is 6.50. The zero-order valence-corrected chi connectivity index (χ0v) is 16.0. The highest BCUT2D eigenvalue weighted by atomic mass is 35.5. The van der Waals surface area contributed by atoms with Gasteiger partial charge in [-0.05, 0) is 29.6 Å². The summed E-state index contributed by atoms with van der Waals surface area (Å²) in [6.07, 6.45) is 0.206. The maximum atomic E-state index is 12.8. The summed E-state index contributed by atoms with van der Waals surface area (Å²) >= 11 is 8.77. The van der Waals surface area contributed by atoms with Gasteiger partial charge in [-0.1, -0.05) is 35.9 Å². The minimum absolute atomic E-state index is 0.136. The molecule has 5 nitrogen and oxygen atoms in total. The van der Waals surface area contributed by atoms with Crippen LogP contribution < -0.4 is 4.90 Å². The number of fused-ring (bicyclic) bond motifs is 1. The first-order valence-corrected chi connectivity index (χ1v) is 9.98. The third kappa shape index (κ3) is 2.63. The van der Waals surface area contributed by atoms with Crippen LogP contribution in [0.25, 0.3) is 10.2 Å². The molecule has 1 unspecified atom stereocenters. The van der Waals surface area contributed by atoms with Gasteiger partial charge < -0.3 is 5.11 Å². The number of rotatable bonds is 4. The number of aromatic nitrogens is 1. The lowest BCUT2D eigenvalue weighted by molar-refractivity contribution is -0.118. The quantitative estimate of drug-likeness (QED) is 0.672. The highest BCUT2D eigenvalue weighted by Crippen LogP contribution is 2.44. The Balaban J connectivity index is 1.88. The van der Waals surface area contributed by atoms with Gasteiger partial charge in [0.1, 0.15) is 6.04 Å². The number of nitrogens with zero attached hydrogens (tertiary/aromatic N) is 2. The molecule has 0 fully saturated rings. The molecule has 0 saturated carbocycles. The van der Waals surface area contributed by atoms with Crippen molar-refractivity contribution in [1.29, 1.82) is 0 Å². The van der Waals surface area contributed by atoms with E-state index in [2.05, 4.69) is 4.98 Å². The number of thiophene rings is 1. The Kier molecular flexibility index (Phi) is 4.30. The fraction of sp³-hybridized carbons (Fsp3) is 0.167. The zero-order valence-electron chi connectivity index (χ0n) is 13.6. The Labute approximate surface area is 162 Å². The smallest absolute Gasteiger partial charge is 0.296 e. The monoisotopic (exact) mass is 404 g/mol. The summed E-state index contributed by atoms with van der Waals surface area (Å²) in [5, 5.41) is 13.3. The van der Waals surface area contributed by atoms with E-state index in [-0.39, 0.29) is 17.8 Å². The van der Waals surface area contributed by atoms with Gasteiger partial charge in [-0.15, -0.1) is 11.3 Å². The van der Waals surface area contributed by atoms with Gasteiger partial charge in [0.15, 0.2) is 16.7 Å². The predicted octanol–water partition coefficient (Wildman–Crippen LogP) is 4.89. The number of amides is 1. The lowest BCUT2D eigenvalue weighted by Gasteiger charge is -2.22. The van der Waals surface area contributed by atoms with Crippen molar-refractivity contribution in [2.75, 3.05) is 4.90 Å². The Bertz CT molecular complexity index is 1060. The maximum Gasteiger partial charge on any atom is 0.296 e. The van der Waals surface area contributed by atoms with Crippen LogP contribution >= 0.6 is 34.3 Å². The summed E-state index contributed by atoms with van der Waals surface area (Å²) in [6, 6.07) is 8.34. The molecule has 1 N–H and O–H groups in total. The van der Waals surface area contributed by atoms with Crippen molar-refractivity contribution in [1.82, 2.24) is 4.98 Å². The lowest BCUT2D eigenvalue weighted by Crippen LogP contribution is -2.30. The first-order chi connectivity index (χ1) is 12.5. The van der Waals surface area contributed by atoms with Crippen molar-refractivity contribution in [3.63, 3.8) is 0 Å². The van der Waals surface area contributed by atoms with Gasteiger partial charge in [-0.3, -0.25) is 14.5 Å². The van der Waals surface area contributed by atoms with E-state index in [0.717, 1.165) is 9.58 Å². The Morgan fingerprint density at radius 1 is 1.38 bits per heavy atom. The van der Waals surface area contributed by atoms with E-state index in [9.17, 15) is 14.7 Å². The summed E-state index contributed by atoms with van der Waals surface area (Å²) in [5.74, 6) is -1.35. The van der Waals surface area contributed by atoms with Crippen LogP contribution in [0.5, 0.6) is 0 Å². The van der Waals surface area contributed by atoms with Crippen LogP contribution in [0.2, 0.25) is 5.02 Å². The predicted molar refractivity (Wildman–Crippen MR) is 104 cm³/mol. The number of aliphatic hydroxyl groups excluding tert-OH is 1. The Hall–Kier alpha value is -2.22. The molecule has 1 aliphatic rings. The first kappa shape index (κ1) is 17.2. The highest BCUT2D eigenvalue weighted by Gasteiger charge is 2.45. The molecule has 0 saturated heterocycles. The average molecular weight is 405 g/mol. The van der Waals surface area contributed by atoms with Crippen molar-refractivity contribution in [3.05, 3.63) is 56.9 Å². The minimum Gasteiger partial charge on any atom is -0.503 e. The molecule has 1 amide bonds. The molecule has 0 radical (unpaired) electrons. The van der Waals surface area contributed by atoms with Gasteiger partial charge in [0.25, 0.3) is 5.91 Å². The van der Waals surface area contributed by atoms with Crippen LogP contribution in [0.1, 0.15) is 24.3 Å². The van der Waals surface area contributed by atoms with Gasteiger partial charge in [0, 0.05) is 16.3 Å². The summed E-state index contributed by atoms with van der Waals surface area (Å²) in [7, 11) is 0. The number of hydrogen-bond acceptors (Lipinski definition) is 6. The molecule has 1 aliphatic heterocycles. The number of halogens is 1. The van der Waals surface area contributed by atoms with E-state index < -0.39 is 17.7 Å². The van der Waals surface area contributed by atoms with Crippen molar-refractivity contribution in [2.24, 2.45) is 0 Å². The summed E-state index contributed by atoms with van der Waals surface area (Å²) in [6.45, 7) is 1.71. The molecule has 0 aliphatic carbocycles. The first-order valence-electron chi connectivity index (χ1n) is 7.90. The SMILES string of the molecule is CCC(=O)C1=C(O)C(=O)N(c2nc3ccc(Cl)cc3s2)C1c1cccs1. The largest absolute Gasteiger partial charge is 0.503 e. The number of benzene rings is 1. The molecule has 4 rings (SSSR count). The number of ketones is 1. The summed E-state index contributed by atoms with van der Waals surface area (Å²) < 4.78 is 0.833. The van der Waals surface area contributed by atoms with Crippen molar-refractivity contribution in [3.8, 4) is 0 Å². The average Bonchev–Trinajstić information content (AvgIpc) is 3.33. The molecule has 1 aromatic carbocycles. The topological polar surface area (TPSA) is 70.5 Å². The second-order valence-electron chi connectivity index (χ2n) is 5.74. The maximum absolute atomic E-state index is 12.8. The van der Waals surface area contributed by atoms with Gasteiger partial charge in [-0.25, -0.2) is 4.98 Å². The van der Waals surface area contributed by atoms with Crippen LogP contribution in [-0.4, -0.2) is 21.8 Å². The molecule has 3 aromatic rings. The van der Waals surface area contributed by atoms with E-state index in [1.54, 1.807) is 25.1 Å². The minimum atomic E-state index is -0.661. The number of carbonyl (C=O) groups excluding carboxylic acids is 2. The standard InChI is InChI=1S/C18H13ClN2O3S2/c1-2-11(22)14-15(12-4-3-7-25-12)21(17(24)16(14)23)18-20-10-6-5-9(19)8-13(10)26-18/h3-8,15,23H,2H2,1H3. The molecular weight excluding hydrogens is 392 g/mol. The van der Waals surface area contributed by atoms with Crippen molar-refractivity contribution >= 4 is 61.3 Å². The normalized spacial score (nSPS) is 17.5. The zero-order chi connectivity index (χ0) is 18.4. The van der Waals surface area contributed by atoms with Crippen molar-refractivity contribution < 1.29 is 14.7 Å². The number of Topliss-reactive ketones (excluding diaryl/α,β-unsaturated/α-hetero) is 1.